The highest BCUT2D eigenvalue weighted by Crippen LogP contribution is 2.30. The Morgan fingerprint density at radius 3 is 2.88 bits per heavy atom. The molecule has 1 aromatic carbocycles. The fraction of sp³-hybridized carbons (Fsp3) is 0.0588. The number of hydrogen-bond acceptors (Lipinski definition) is 7. The van der Waals surface area contributed by atoms with E-state index in [0.717, 1.165) is 16.6 Å². The van der Waals surface area contributed by atoms with Gasteiger partial charge in [-0.05, 0) is 18.2 Å². The average molecular weight is 391 g/mol. The first kappa shape index (κ1) is 17.8. The van der Waals surface area contributed by atoms with Crippen molar-refractivity contribution in [3.8, 4) is 10.6 Å². The van der Waals surface area contributed by atoms with Crippen LogP contribution in [0.4, 0.5) is 5.88 Å². The normalized spacial score (nSPS) is 11.0. The van der Waals surface area contributed by atoms with Crippen LogP contribution in [0.3, 0.4) is 0 Å². The molecular formula is C17H11ClN2O5S. The van der Waals surface area contributed by atoms with E-state index in [9.17, 15) is 14.9 Å². The molecule has 0 aliphatic carbocycles. The van der Waals surface area contributed by atoms with Gasteiger partial charge in [0.25, 0.3) is 0 Å². The predicted octanol–water partition coefficient (Wildman–Crippen LogP) is 4.72. The van der Waals surface area contributed by atoms with Crippen LogP contribution in [0.1, 0.15) is 11.5 Å². The van der Waals surface area contributed by atoms with Crippen molar-refractivity contribution in [3.63, 3.8) is 0 Å². The molecule has 0 saturated heterocycles. The largest absolute Gasteiger partial charge is 0.456 e. The molecule has 0 amide bonds. The van der Waals surface area contributed by atoms with Crippen molar-refractivity contribution in [2.45, 2.75) is 6.61 Å². The summed E-state index contributed by atoms with van der Waals surface area (Å²) in [6.07, 6.45) is 2.43. The van der Waals surface area contributed by atoms with Gasteiger partial charge in [0, 0.05) is 17.0 Å². The minimum absolute atomic E-state index is 0.00241. The zero-order valence-electron chi connectivity index (χ0n) is 13.1. The Morgan fingerprint density at radius 1 is 1.35 bits per heavy atom. The predicted molar refractivity (Wildman–Crippen MR) is 96.8 cm³/mol. The Bertz CT molecular complexity index is 979. The Labute approximate surface area is 156 Å². The molecule has 132 valence electrons. The number of esters is 1. The molecule has 3 rings (SSSR count). The molecule has 9 heteroatoms. The Morgan fingerprint density at radius 2 is 2.15 bits per heavy atom. The fourth-order valence-corrected chi connectivity index (χ4v) is 3.13. The van der Waals surface area contributed by atoms with E-state index >= 15 is 0 Å². The highest BCUT2D eigenvalue weighted by Gasteiger charge is 2.11. The van der Waals surface area contributed by atoms with Gasteiger partial charge >= 0.3 is 11.9 Å². The molecule has 2 aromatic heterocycles. The molecule has 0 unspecified atom stereocenters. The first-order valence-electron chi connectivity index (χ1n) is 7.31. The summed E-state index contributed by atoms with van der Waals surface area (Å²) < 4.78 is 10.00. The second kappa shape index (κ2) is 7.94. The van der Waals surface area contributed by atoms with Crippen LogP contribution in [0.5, 0.6) is 0 Å². The van der Waals surface area contributed by atoms with Crippen LogP contribution in [0, 0.1) is 10.1 Å². The van der Waals surface area contributed by atoms with Crippen molar-refractivity contribution in [1.82, 2.24) is 4.98 Å². The number of benzene rings is 1. The third-order valence-electron chi connectivity index (χ3n) is 3.19. The third kappa shape index (κ3) is 4.35. The van der Waals surface area contributed by atoms with E-state index in [1.165, 1.54) is 29.5 Å². The molecule has 0 fully saturated rings. The third-order valence-corrected chi connectivity index (χ3v) is 4.45. The number of rotatable bonds is 6. The van der Waals surface area contributed by atoms with Crippen molar-refractivity contribution in [1.29, 1.82) is 0 Å². The molecule has 0 aliphatic heterocycles. The number of nitro groups is 1. The number of furan rings is 1. The number of aromatic nitrogens is 1. The number of nitrogens with zero attached hydrogens (tertiary/aromatic N) is 2. The molecule has 3 aromatic rings. The molecule has 0 aliphatic rings. The van der Waals surface area contributed by atoms with Gasteiger partial charge in [0.05, 0.1) is 16.8 Å². The summed E-state index contributed by atoms with van der Waals surface area (Å²) in [6.45, 7) is 0.00241. The van der Waals surface area contributed by atoms with Gasteiger partial charge in [-0.25, -0.2) is 9.78 Å². The Balaban J connectivity index is 1.57. The zero-order valence-corrected chi connectivity index (χ0v) is 14.7. The summed E-state index contributed by atoms with van der Waals surface area (Å²) in [5.41, 5.74) is 1.41. The zero-order chi connectivity index (χ0) is 18.5. The maximum Gasteiger partial charge on any atom is 0.433 e. The summed E-state index contributed by atoms with van der Waals surface area (Å²) in [6, 6.07) is 9.94. The van der Waals surface area contributed by atoms with Gasteiger partial charge in [0.15, 0.2) is 0 Å². The van der Waals surface area contributed by atoms with Gasteiger partial charge in [0.1, 0.15) is 22.3 Å². The van der Waals surface area contributed by atoms with Gasteiger partial charge in [-0.1, -0.05) is 29.8 Å². The Hall–Kier alpha value is -2.97. The van der Waals surface area contributed by atoms with Crippen LogP contribution < -0.4 is 0 Å². The van der Waals surface area contributed by atoms with Crippen molar-refractivity contribution in [3.05, 3.63) is 74.4 Å². The number of halogens is 1. The maximum atomic E-state index is 11.7. The first-order valence-corrected chi connectivity index (χ1v) is 8.57. The molecule has 0 radical (unpaired) electrons. The highest BCUT2D eigenvalue weighted by atomic mass is 35.5. The summed E-state index contributed by atoms with van der Waals surface area (Å²) in [7, 11) is 0. The molecule has 2 heterocycles. The molecule has 7 nitrogen and oxygen atoms in total. The van der Waals surface area contributed by atoms with E-state index in [-0.39, 0.29) is 12.4 Å². The molecule has 0 bridgehead atoms. The lowest BCUT2D eigenvalue weighted by molar-refractivity contribution is -0.402. The van der Waals surface area contributed by atoms with E-state index in [1.54, 1.807) is 11.4 Å². The highest BCUT2D eigenvalue weighted by molar-refractivity contribution is 7.13. The van der Waals surface area contributed by atoms with Crippen LogP contribution in [-0.4, -0.2) is 15.9 Å². The number of ether oxygens (including phenoxy) is 1. The lowest BCUT2D eigenvalue weighted by Crippen LogP contribution is -2.00. The lowest BCUT2D eigenvalue weighted by atomic mass is 10.2. The smallest absolute Gasteiger partial charge is 0.433 e. The second-order valence-electron chi connectivity index (χ2n) is 5.00. The summed E-state index contributed by atoms with van der Waals surface area (Å²) in [4.78, 5) is 26.0. The summed E-state index contributed by atoms with van der Waals surface area (Å²) in [5.74, 6) is -0.827. The van der Waals surface area contributed by atoms with Crippen LogP contribution in [0.2, 0.25) is 5.02 Å². The van der Waals surface area contributed by atoms with Gasteiger partial charge in [-0.15, -0.1) is 11.3 Å². The summed E-state index contributed by atoms with van der Waals surface area (Å²) >= 11 is 7.54. The number of carbonyl (C=O) groups excluding carboxylic acids is 1. The number of hydrogen-bond donors (Lipinski definition) is 0. The van der Waals surface area contributed by atoms with Crippen LogP contribution in [-0.2, 0) is 16.1 Å². The van der Waals surface area contributed by atoms with Crippen molar-refractivity contribution in [2.24, 2.45) is 0 Å². The first-order chi connectivity index (χ1) is 12.5. The van der Waals surface area contributed by atoms with Crippen LogP contribution in [0.25, 0.3) is 16.6 Å². The molecule has 0 N–H and O–H groups in total. The van der Waals surface area contributed by atoms with Gasteiger partial charge < -0.3 is 9.15 Å². The quantitative estimate of drug-likeness (QED) is 0.261. The van der Waals surface area contributed by atoms with E-state index in [1.807, 2.05) is 18.2 Å². The summed E-state index contributed by atoms with van der Waals surface area (Å²) in [5, 5.41) is 13.6. The average Bonchev–Trinajstić information content (AvgIpc) is 3.28. The van der Waals surface area contributed by atoms with Crippen LogP contribution >= 0.6 is 22.9 Å². The SMILES string of the molecule is O=C(/C=C/c1ccc([N+](=O)[O-])o1)OCc1csc(-c2ccccc2Cl)n1. The number of thiazole rings is 1. The van der Waals surface area contributed by atoms with Crippen LogP contribution in [0.15, 0.2) is 52.3 Å². The van der Waals surface area contributed by atoms with E-state index < -0.39 is 16.8 Å². The van der Waals surface area contributed by atoms with Gasteiger partial charge in [-0.2, -0.15) is 0 Å². The van der Waals surface area contributed by atoms with Crippen molar-refractivity contribution < 1.29 is 18.9 Å². The standard InChI is InChI=1S/C17H11ClN2O5S/c18-14-4-2-1-3-13(14)17-19-11(10-26-17)9-24-16(21)8-6-12-5-7-15(25-12)20(22)23/h1-8,10H,9H2/b8-6+. The number of carbonyl (C=O) groups is 1. The maximum absolute atomic E-state index is 11.7. The molecular weight excluding hydrogens is 380 g/mol. The second-order valence-corrected chi connectivity index (χ2v) is 6.26. The van der Waals surface area contributed by atoms with E-state index in [4.69, 9.17) is 20.8 Å². The van der Waals surface area contributed by atoms with E-state index in [0.29, 0.717) is 10.7 Å². The Kier molecular flexibility index (Phi) is 5.45. The minimum atomic E-state index is -0.658. The monoisotopic (exact) mass is 390 g/mol. The molecule has 0 atom stereocenters. The molecule has 0 spiro atoms. The van der Waals surface area contributed by atoms with Gasteiger partial charge in [-0.3, -0.25) is 10.1 Å². The lowest BCUT2D eigenvalue weighted by Gasteiger charge is -1.99. The fourth-order valence-electron chi connectivity index (χ4n) is 2.00. The topological polar surface area (TPSA) is 95.5 Å². The minimum Gasteiger partial charge on any atom is -0.456 e. The molecule has 26 heavy (non-hydrogen) atoms. The molecule has 0 saturated carbocycles. The van der Waals surface area contributed by atoms with Gasteiger partial charge in [0.2, 0.25) is 0 Å². The van der Waals surface area contributed by atoms with Crippen molar-refractivity contribution >= 4 is 40.9 Å². The van der Waals surface area contributed by atoms with E-state index in [2.05, 4.69) is 4.98 Å². The van der Waals surface area contributed by atoms with Crippen molar-refractivity contribution in [2.75, 3.05) is 0 Å².